The van der Waals surface area contributed by atoms with Crippen molar-refractivity contribution in [3.05, 3.63) is 34.1 Å². The highest BCUT2D eigenvalue weighted by Gasteiger charge is 2.04. The molecule has 0 spiro atoms. The molecule has 6 heteroatoms. The summed E-state index contributed by atoms with van der Waals surface area (Å²) in [5.41, 5.74) is 0.608. The molecule has 0 aromatic heterocycles. The minimum atomic E-state index is -0.218. The standard InChI is InChI=1S/C13H19BrFN3.HI/c1-9(2)7-17-13(16-3)18-8-10-6-11(14)4-5-12(10)15;/h4-6,9H,7-8H2,1-3H3,(H2,16,17,18);1H. The van der Waals surface area contributed by atoms with E-state index in [4.69, 9.17) is 0 Å². The number of benzene rings is 1. The third-order valence-corrected chi connectivity index (χ3v) is 2.85. The fourth-order valence-corrected chi connectivity index (χ4v) is 1.79. The highest BCUT2D eigenvalue weighted by Crippen LogP contribution is 2.15. The number of nitrogens with zero attached hydrogens (tertiary/aromatic N) is 1. The lowest BCUT2D eigenvalue weighted by Crippen LogP contribution is -2.38. The normalized spacial score (nSPS) is 11.2. The van der Waals surface area contributed by atoms with E-state index in [1.54, 1.807) is 19.2 Å². The van der Waals surface area contributed by atoms with Gasteiger partial charge in [0.25, 0.3) is 0 Å². The summed E-state index contributed by atoms with van der Waals surface area (Å²) in [5, 5.41) is 6.27. The van der Waals surface area contributed by atoms with Gasteiger partial charge in [0.05, 0.1) is 0 Å². The molecule has 1 aromatic carbocycles. The predicted molar refractivity (Wildman–Crippen MR) is 92.6 cm³/mol. The van der Waals surface area contributed by atoms with Crippen LogP contribution in [0.5, 0.6) is 0 Å². The van der Waals surface area contributed by atoms with Gasteiger partial charge in [0.1, 0.15) is 5.82 Å². The number of halogens is 3. The fourth-order valence-electron chi connectivity index (χ4n) is 1.38. The Morgan fingerprint density at radius 3 is 2.63 bits per heavy atom. The number of aliphatic imine (C=N–C) groups is 1. The van der Waals surface area contributed by atoms with Crippen LogP contribution in [0.2, 0.25) is 0 Å². The summed E-state index contributed by atoms with van der Waals surface area (Å²) in [6, 6.07) is 4.90. The van der Waals surface area contributed by atoms with Gasteiger partial charge >= 0.3 is 0 Å². The van der Waals surface area contributed by atoms with Gasteiger partial charge in [0.15, 0.2) is 5.96 Å². The summed E-state index contributed by atoms with van der Waals surface area (Å²) in [6.45, 7) is 5.48. The number of hydrogen-bond donors (Lipinski definition) is 2. The van der Waals surface area contributed by atoms with E-state index in [2.05, 4.69) is 45.4 Å². The summed E-state index contributed by atoms with van der Waals surface area (Å²) >= 11 is 3.33. The van der Waals surface area contributed by atoms with Crippen LogP contribution in [-0.4, -0.2) is 19.6 Å². The summed E-state index contributed by atoms with van der Waals surface area (Å²) in [4.78, 5) is 4.09. The first-order chi connectivity index (χ1) is 8.52. The van der Waals surface area contributed by atoms with Crippen LogP contribution in [0.3, 0.4) is 0 Å². The van der Waals surface area contributed by atoms with Gasteiger partial charge in [-0.15, -0.1) is 24.0 Å². The minimum absolute atomic E-state index is 0. The van der Waals surface area contributed by atoms with Gasteiger partial charge in [-0.2, -0.15) is 0 Å². The zero-order valence-corrected chi connectivity index (χ0v) is 15.3. The Morgan fingerprint density at radius 1 is 1.37 bits per heavy atom. The van der Waals surface area contributed by atoms with Crippen molar-refractivity contribution in [1.82, 2.24) is 10.6 Å². The van der Waals surface area contributed by atoms with E-state index >= 15 is 0 Å². The topological polar surface area (TPSA) is 36.4 Å². The first-order valence-electron chi connectivity index (χ1n) is 5.91. The van der Waals surface area contributed by atoms with Crippen LogP contribution in [0, 0.1) is 11.7 Å². The molecule has 3 nitrogen and oxygen atoms in total. The van der Waals surface area contributed by atoms with Crippen LogP contribution in [0.1, 0.15) is 19.4 Å². The molecule has 0 fully saturated rings. The molecule has 108 valence electrons. The van der Waals surface area contributed by atoms with E-state index in [1.165, 1.54) is 6.07 Å². The maximum atomic E-state index is 13.5. The van der Waals surface area contributed by atoms with Crippen molar-refractivity contribution in [2.45, 2.75) is 20.4 Å². The Labute approximate surface area is 139 Å². The Balaban J connectivity index is 0.00000324. The van der Waals surface area contributed by atoms with E-state index in [-0.39, 0.29) is 29.8 Å². The van der Waals surface area contributed by atoms with E-state index in [0.29, 0.717) is 24.0 Å². The molecule has 0 atom stereocenters. The van der Waals surface area contributed by atoms with Gasteiger partial charge in [0.2, 0.25) is 0 Å². The molecule has 2 N–H and O–H groups in total. The van der Waals surface area contributed by atoms with Crippen molar-refractivity contribution in [1.29, 1.82) is 0 Å². The van der Waals surface area contributed by atoms with Crippen LogP contribution in [0.4, 0.5) is 4.39 Å². The summed E-state index contributed by atoms with van der Waals surface area (Å²) < 4.78 is 14.4. The first-order valence-corrected chi connectivity index (χ1v) is 6.70. The molecule has 0 aliphatic heterocycles. The molecule has 0 unspecified atom stereocenters. The average Bonchev–Trinajstić information content (AvgIpc) is 2.33. The summed E-state index contributed by atoms with van der Waals surface area (Å²) in [7, 11) is 1.70. The molecule has 0 radical (unpaired) electrons. The Kier molecular flexibility index (Phi) is 9.34. The summed E-state index contributed by atoms with van der Waals surface area (Å²) in [6.07, 6.45) is 0. The highest BCUT2D eigenvalue weighted by atomic mass is 127. The lowest BCUT2D eigenvalue weighted by molar-refractivity contribution is 0.597. The van der Waals surface area contributed by atoms with E-state index < -0.39 is 0 Å². The lowest BCUT2D eigenvalue weighted by atomic mass is 10.2. The van der Waals surface area contributed by atoms with Gasteiger partial charge in [-0.25, -0.2) is 4.39 Å². The predicted octanol–water partition coefficient (Wildman–Crippen LogP) is 3.53. The smallest absolute Gasteiger partial charge is 0.191 e. The number of guanidine groups is 1. The van der Waals surface area contributed by atoms with Crippen LogP contribution < -0.4 is 10.6 Å². The van der Waals surface area contributed by atoms with Crippen LogP contribution in [-0.2, 0) is 6.54 Å². The lowest BCUT2D eigenvalue weighted by Gasteiger charge is -2.13. The van der Waals surface area contributed by atoms with Crippen molar-refractivity contribution in [2.75, 3.05) is 13.6 Å². The fraction of sp³-hybridized carbons (Fsp3) is 0.462. The molecule has 0 saturated heterocycles. The summed E-state index contributed by atoms with van der Waals surface area (Å²) in [5.74, 6) is 0.999. The van der Waals surface area contributed by atoms with Gasteiger partial charge in [-0.1, -0.05) is 29.8 Å². The number of hydrogen-bond acceptors (Lipinski definition) is 1. The second kappa shape index (κ2) is 9.52. The van der Waals surface area contributed by atoms with Gasteiger partial charge in [-0.05, 0) is 24.1 Å². The van der Waals surface area contributed by atoms with Crippen molar-refractivity contribution in [3.63, 3.8) is 0 Å². The Morgan fingerprint density at radius 2 is 2.05 bits per heavy atom. The highest BCUT2D eigenvalue weighted by molar-refractivity contribution is 14.0. The average molecular weight is 444 g/mol. The zero-order chi connectivity index (χ0) is 13.5. The number of rotatable bonds is 4. The maximum Gasteiger partial charge on any atom is 0.191 e. The van der Waals surface area contributed by atoms with Gasteiger partial charge < -0.3 is 10.6 Å². The molecule has 0 saturated carbocycles. The third kappa shape index (κ3) is 7.10. The Bertz CT molecular complexity index is 424. The van der Waals surface area contributed by atoms with E-state index in [0.717, 1.165) is 11.0 Å². The van der Waals surface area contributed by atoms with Crippen molar-refractivity contribution in [2.24, 2.45) is 10.9 Å². The molecule has 0 aliphatic rings. The van der Waals surface area contributed by atoms with Gasteiger partial charge in [-0.3, -0.25) is 4.99 Å². The minimum Gasteiger partial charge on any atom is -0.356 e. The molecule has 0 amide bonds. The SMILES string of the molecule is CN=C(NCc1cc(Br)ccc1F)NCC(C)C.I. The van der Waals surface area contributed by atoms with Crippen molar-refractivity contribution >= 4 is 45.9 Å². The largest absolute Gasteiger partial charge is 0.356 e. The van der Waals surface area contributed by atoms with Crippen LogP contribution in [0.15, 0.2) is 27.7 Å². The van der Waals surface area contributed by atoms with Crippen LogP contribution in [0.25, 0.3) is 0 Å². The molecule has 1 rings (SSSR count). The van der Waals surface area contributed by atoms with Gasteiger partial charge in [0, 0.05) is 30.2 Å². The van der Waals surface area contributed by atoms with E-state index in [1.807, 2.05) is 0 Å². The molecule has 0 bridgehead atoms. The molecule has 0 heterocycles. The van der Waals surface area contributed by atoms with E-state index in [9.17, 15) is 4.39 Å². The quantitative estimate of drug-likeness (QED) is 0.424. The first kappa shape index (κ1) is 18.6. The second-order valence-electron chi connectivity index (χ2n) is 4.44. The zero-order valence-electron chi connectivity index (χ0n) is 11.3. The molecular weight excluding hydrogens is 424 g/mol. The molecule has 0 aliphatic carbocycles. The van der Waals surface area contributed by atoms with Crippen molar-refractivity contribution < 1.29 is 4.39 Å². The van der Waals surface area contributed by atoms with Crippen molar-refractivity contribution in [3.8, 4) is 0 Å². The maximum absolute atomic E-state index is 13.5. The molecule has 1 aromatic rings. The van der Waals surface area contributed by atoms with Crippen LogP contribution >= 0.6 is 39.9 Å². The monoisotopic (exact) mass is 443 g/mol. The second-order valence-corrected chi connectivity index (χ2v) is 5.35. The molecular formula is C13H20BrFIN3. The third-order valence-electron chi connectivity index (χ3n) is 2.36. The Hall–Kier alpha value is -0.370. The number of nitrogens with one attached hydrogen (secondary N) is 2. The molecule has 19 heavy (non-hydrogen) atoms.